The van der Waals surface area contributed by atoms with Gasteiger partial charge in [-0.2, -0.15) is 15.1 Å². The second-order valence-electron chi connectivity index (χ2n) is 2.82. The fourth-order valence-corrected chi connectivity index (χ4v) is 0.981. The molecule has 7 nitrogen and oxygen atoms in total. The van der Waals surface area contributed by atoms with Gasteiger partial charge in [0.25, 0.3) is 0 Å². The first-order valence-electron chi connectivity index (χ1n) is 3.73. The van der Waals surface area contributed by atoms with Gasteiger partial charge in [-0.25, -0.2) is 4.79 Å². The molecule has 68 valence electrons. The third-order valence-corrected chi connectivity index (χ3v) is 1.62. The fourth-order valence-electron chi connectivity index (χ4n) is 0.981. The molecule has 0 N–H and O–H groups in total. The Hall–Kier alpha value is -1.79. The Balaban J connectivity index is 2.60. The van der Waals surface area contributed by atoms with Crippen molar-refractivity contribution in [3.8, 4) is 0 Å². The lowest BCUT2D eigenvalue weighted by molar-refractivity contribution is 0.718. The molecule has 0 aliphatic carbocycles. The lowest BCUT2D eigenvalue weighted by Crippen LogP contribution is -2.26. The molecule has 0 saturated carbocycles. The van der Waals surface area contributed by atoms with Gasteiger partial charge in [0.2, 0.25) is 5.95 Å². The number of fused-ring (bicyclic) bond motifs is 1. The van der Waals surface area contributed by atoms with Crippen molar-refractivity contribution < 1.29 is 0 Å². The summed E-state index contributed by atoms with van der Waals surface area (Å²) in [6.07, 6.45) is 0. The number of rotatable bonds is 1. The Kier molecular flexibility index (Phi) is 1.57. The highest BCUT2D eigenvalue weighted by Crippen LogP contribution is 2.07. The zero-order chi connectivity index (χ0) is 9.42. The smallest absolute Gasteiger partial charge is 0.347 e. The van der Waals surface area contributed by atoms with E-state index in [1.807, 2.05) is 0 Å². The molecule has 1 aliphatic heterocycles. The second-order valence-corrected chi connectivity index (χ2v) is 2.82. The first-order chi connectivity index (χ1) is 6.18. The van der Waals surface area contributed by atoms with E-state index < -0.39 is 5.69 Å². The van der Waals surface area contributed by atoms with Gasteiger partial charge in [0.05, 0.1) is 0 Å². The van der Waals surface area contributed by atoms with E-state index in [4.69, 9.17) is 0 Å². The Bertz CT molecular complexity index is 420. The summed E-state index contributed by atoms with van der Waals surface area (Å²) in [5, 5.41) is 7.26. The first kappa shape index (κ1) is 7.84. The largest absolute Gasteiger partial charge is 0.374 e. The quantitative estimate of drug-likeness (QED) is 0.580. The number of nitrogens with zero attached hydrogens (tertiary/aromatic N) is 6. The maximum absolute atomic E-state index is 11.3. The molecular formula is C6H8N6O. The molecule has 0 bridgehead atoms. The average Bonchev–Trinajstić information content (AvgIpc) is 2.51. The molecule has 0 fully saturated rings. The van der Waals surface area contributed by atoms with E-state index in [2.05, 4.69) is 20.3 Å². The summed E-state index contributed by atoms with van der Waals surface area (Å²) in [6.45, 7) is 0.346. The van der Waals surface area contributed by atoms with Crippen LogP contribution in [0.15, 0.2) is 15.1 Å². The van der Waals surface area contributed by atoms with Crippen molar-refractivity contribution in [2.24, 2.45) is 10.3 Å². The second kappa shape index (κ2) is 2.61. The van der Waals surface area contributed by atoms with Crippen molar-refractivity contribution in [1.29, 1.82) is 0 Å². The van der Waals surface area contributed by atoms with Crippen LogP contribution in [-0.2, 0) is 6.54 Å². The van der Waals surface area contributed by atoms with Crippen LogP contribution in [0.3, 0.4) is 0 Å². The third kappa shape index (κ3) is 1.17. The molecule has 2 rings (SSSR count). The van der Waals surface area contributed by atoms with E-state index in [1.165, 1.54) is 0 Å². The summed E-state index contributed by atoms with van der Waals surface area (Å²) in [6, 6.07) is 0. The van der Waals surface area contributed by atoms with Crippen LogP contribution in [-0.4, -0.2) is 28.7 Å². The van der Waals surface area contributed by atoms with Gasteiger partial charge in [0, 0.05) is 14.1 Å². The van der Waals surface area contributed by atoms with Crippen LogP contribution in [0, 0.1) is 0 Å². The van der Waals surface area contributed by atoms with Gasteiger partial charge >= 0.3 is 5.69 Å². The minimum Gasteiger partial charge on any atom is -0.347 e. The number of aromatic nitrogens is 3. The Morgan fingerprint density at radius 3 is 2.85 bits per heavy atom. The van der Waals surface area contributed by atoms with Crippen LogP contribution in [0.25, 0.3) is 0 Å². The van der Waals surface area contributed by atoms with Crippen molar-refractivity contribution >= 4 is 5.95 Å². The molecule has 1 aromatic heterocycles. The fraction of sp³-hybridized carbons (Fsp3) is 0.500. The summed E-state index contributed by atoms with van der Waals surface area (Å²) >= 11 is 0. The van der Waals surface area contributed by atoms with E-state index in [0.29, 0.717) is 18.3 Å². The number of hydrogen-bond acceptors (Lipinski definition) is 6. The van der Waals surface area contributed by atoms with Gasteiger partial charge in [-0.05, 0) is 0 Å². The van der Waals surface area contributed by atoms with Crippen LogP contribution in [0.4, 0.5) is 5.95 Å². The van der Waals surface area contributed by atoms with Crippen molar-refractivity contribution in [2.45, 2.75) is 6.54 Å². The molecule has 0 aromatic carbocycles. The van der Waals surface area contributed by atoms with Gasteiger partial charge in [-0.1, -0.05) is 5.22 Å². The Morgan fingerprint density at radius 2 is 2.15 bits per heavy atom. The zero-order valence-electron chi connectivity index (χ0n) is 7.30. The number of anilines is 1. The van der Waals surface area contributed by atoms with E-state index in [1.54, 1.807) is 19.0 Å². The van der Waals surface area contributed by atoms with Crippen molar-refractivity contribution in [1.82, 2.24) is 14.6 Å². The molecule has 0 saturated heterocycles. The molecular weight excluding hydrogens is 172 g/mol. The molecule has 0 unspecified atom stereocenters. The average molecular weight is 180 g/mol. The maximum atomic E-state index is 11.3. The van der Waals surface area contributed by atoms with Crippen molar-refractivity contribution in [2.75, 3.05) is 19.0 Å². The van der Waals surface area contributed by atoms with E-state index in [9.17, 15) is 4.79 Å². The van der Waals surface area contributed by atoms with E-state index in [0.717, 1.165) is 4.68 Å². The highest BCUT2D eigenvalue weighted by atomic mass is 16.2. The van der Waals surface area contributed by atoms with E-state index >= 15 is 0 Å². The normalized spacial score (nSPS) is 13.1. The summed E-state index contributed by atoms with van der Waals surface area (Å²) < 4.78 is 1.10. The molecule has 0 radical (unpaired) electrons. The molecule has 1 aliphatic rings. The van der Waals surface area contributed by atoms with Gasteiger partial charge in [0.15, 0.2) is 5.82 Å². The summed E-state index contributed by atoms with van der Waals surface area (Å²) in [4.78, 5) is 20.8. The molecule has 2 heterocycles. The van der Waals surface area contributed by atoms with E-state index in [-0.39, 0.29) is 0 Å². The summed E-state index contributed by atoms with van der Waals surface area (Å²) in [5.41, 5.74) is -0.435. The monoisotopic (exact) mass is 180 g/mol. The lowest BCUT2D eigenvalue weighted by Gasteiger charge is -2.09. The summed E-state index contributed by atoms with van der Waals surface area (Å²) in [7, 11) is 3.55. The molecule has 7 heteroatoms. The molecule has 1 aromatic rings. The maximum Gasteiger partial charge on any atom is 0.374 e. The van der Waals surface area contributed by atoms with Crippen molar-refractivity contribution in [3.05, 3.63) is 16.3 Å². The topological polar surface area (TPSA) is 75.7 Å². The Labute approximate surface area is 73.7 Å². The first-order valence-corrected chi connectivity index (χ1v) is 3.73. The molecule has 0 amide bonds. The van der Waals surface area contributed by atoms with Crippen molar-refractivity contribution in [3.63, 3.8) is 0 Å². The standard InChI is InChI=1S/C6H8N6O/c1-11(2)5-8-4-3-7-10-12(4)6(13)9-5/h3H2,1-2H3. The predicted molar refractivity (Wildman–Crippen MR) is 44.6 cm³/mol. The van der Waals surface area contributed by atoms with Crippen LogP contribution in [0.2, 0.25) is 0 Å². The Morgan fingerprint density at radius 1 is 1.38 bits per heavy atom. The zero-order valence-corrected chi connectivity index (χ0v) is 7.30. The predicted octanol–water partition coefficient (Wildman–Crippen LogP) is -0.567. The van der Waals surface area contributed by atoms with Crippen LogP contribution < -0.4 is 10.6 Å². The van der Waals surface area contributed by atoms with Gasteiger partial charge < -0.3 is 4.90 Å². The van der Waals surface area contributed by atoms with Gasteiger partial charge in [-0.15, -0.1) is 4.68 Å². The number of hydrogen-bond donors (Lipinski definition) is 0. The molecule has 0 spiro atoms. The minimum atomic E-state index is -0.435. The van der Waals surface area contributed by atoms with Crippen LogP contribution >= 0.6 is 0 Å². The van der Waals surface area contributed by atoms with Gasteiger partial charge in [0.1, 0.15) is 6.54 Å². The minimum absolute atomic E-state index is 0.346. The van der Waals surface area contributed by atoms with Crippen LogP contribution in [0.1, 0.15) is 5.82 Å². The third-order valence-electron chi connectivity index (χ3n) is 1.62. The van der Waals surface area contributed by atoms with Crippen LogP contribution in [0.5, 0.6) is 0 Å². The lowest BCUT2D eigenvalue weighted by atomic mass is 10.6. The molecule has 0 atom stereocenters. The highest BCUT2D eigenvalue weighted by Gasteiger charge is 2.14. The van der Waals surface area contributed by atoms with Gasteiger partial charge in [-0.3, -0.25) is 0 Å². The summed E-state index contributed by atoms with van der Waals surface area (Å²) in [5.74, 6) is 0.923. The highest BCUT2D eigenvalue weighted by molar-refractivity contribution is 5.25. The SMILES string of the molecule is CN(C)c1nc2n(c(=O)n1)N=NC2. The molecule has 13 heavy (non-hydrogen) atoms.